The standard InChI is InChI=1S/C23H28FN7O3S/c24-19-7-5-18(6-8-19)21-15-28-23(16-27-21)30-11-13-31(14-12-30)35(33,34)17-20(29-32)3-1-4-22-25-9-2-10-26-22/h2,5-10,15-16,20,29,32H,1,3-4,11-14,17H2. The first-order chi connectivity index (χ1) is 16.9. The van der Waals surface area contributed by atoms with Crippen LogP contribution in [0.3, 0.4) is 0 Å². The first-order valence-corrected chi connectivity index (χ1v) is 13.0. The minimum atomic E-state index is -3.56. The Morgan fingerprint density at radius 2 is 1.71 bits per heavy atom. The van der Waals surface area contributed by atoms with Gasteiger partial charge in [-0.15, -0.1) is 0 Å². The average Bonchev–Trinajstić information content (AvgIpc) is 2.89. The molecule has 0 amide bonds. The van der Waals surface area contributed by atoms with Crippen molar-refractivity contribution in [2.45, 2.75) is 25.3 Å². The van der Waals surface area contributed by atoms with E-state index < -0.39 is 16.1 Å². The van der Waals surface area contributed by atoms with Gasteiger partial charge in [0.25, 0.3) is 0 Å². The van der Waals surface area contributed by atoms with Gasteiger partial charge < -0.3 is 10.1 Å². The minimum Gasteiger partial charge on any atom is -0.353 e. The molecule has 35 heavy (non-hydrogen) atoms. The van der Waals surface area contributed by atoms with Crippen molar-refractivity contribution in [3.63, 3.8) is 0 Å². The number of hydrogen-bond donors (Lipinski definition) is 2. The van der Waals surface area contributed by atoms with Crippen molar-refractivity contribution in [2.75, 3.05) is 36.8 Å². The van der Waals surface area contributed by atoms with Crippen molar-refractivity contribution >= 4 is 15.8 Å². The second-order valence-electron chi connectivity index (χ2n) is 8.31. The van der Waals surface area contributed by atoms with E-state index in [1.54, 1.807) is 43.0 Å². The number of hydroxylamine groups is 1. The number of aromatic nitrogens is 4. The quantitative estimate of drug-likeness (QED) is 0.401. The lowest BCUT2D eigenvalue weighted by Crippen LogP contribution is -2.51. The normalized spacial score (nSPS) is 15.8. The van der Waals surface area contributed by atoms with E-state index in [9.17, 15) is 18.0 Å². The summed E-state index contributed by atoms with van der Waals surface area (Å²) in [5.41, 5.74) is 3.55. The molecule has 1 aliphatic heterocycles. The summed E-state index contributed by atoms with van der Waals surface area (Å²) in [7, 11) is -3.56. The average molecular weight is 502 g/mol. The fourth-order valence-corrected chi connectivity index (χ4v) is 5.64. The largest absolute Gasteiger partial charge is 0.353 e. The van der Waals surface area contributed by atoms with Crippen LogP contribution in [0.25, 0.3) is 11.3 Å². The number of benzene rings is 1. The molecule has 0 saturated carbocycles. The zero-order valence-corrected chi connectivity index (χ0v) is 20.0. The molecule has 1 saturated heterocycles. The summed E-state index contributed by atoms with van der Waals surface area (Å²) in [6, 6.07) is 7.20. The Morgan fingerprint density at radius 3 is 2.34 bits per heavy atom. The van der Waals surface area contributed by atoms with Crippen LogP contribution in [-0.2, 0) is 16.4 Å². The Labute approximate surface area is 203 Å². The highest BCUT2D eigenvalue weighted by Crippen LogP contribution is 2.20. The number of nitrogens with one attached hydrogen (secondary N) is 1. The molecule has 4 rings (SSSR count). The second-order valence-corrected chi connectivity index (χ2v) is 10.3. The highest BCUT2D eigenvalue weighted by molar-refractivity contribution is 7.89. The minimum absolute atomic E-state index is 0.189. The lowest BCUT2D eigenvalue weighted by atomic mass is 10.1. The fraction of sp³-hybridized carbons (Fsp3) is 0.391. The van der Waals surface area contributed by atoms with Gasteiger partial charge in [-0.2, -0.15) is 4.31 Å². The summed E-state index contributed by atoms with van der Waals surface area (Å²) in [5, 5.41) is 9.49. The number of aryl methyl sites for hydroxylation is 1. The molecule has 1 atom stereocenters. The molecule has 3 heterocycles. The predicted molar refractivity (Wildman–Crippen MR) is 129 cm³/mol. The van der Waals surface area contributed by atoms with E-state index in [1.165, 1.54) is 16.4 Å². The summed E-state index contributed by atoms with van der Waals surface area (Å²) >= 11 is 0. The van der Waals surface area contributed by atoms with E-state index in [4.69, 9.17) is 0 Å². The zero-order valence-electron chi connectivity index (χ0n) is 19.2. The number of piperazine rings is 1. The van der Waals surface area contributed by atoms with E-state index in [-0.39, 0.29) is 11.6 Å². The van der Waals surface area contributed by atoms with E-state index in [2.05, 4.69) is 25.4 Å². The van der Waals surface area contributed by atoms with Crippen LogP contribution in [0.4, 0.5) is 10.2 Å². The molecular formula is C23H28FN7O3S. The second kappa shape index (κ2) is 11.6. The summed E-state index contributed by atoms with van der Waals surface area (Å²) in [6.07, 6.45) is 8.34. The number of rotatable bonds is 10. The summed E-state index contributed by atoms with van der Waals surface area (Å²) in [6.45, 7) is 1.60. The number of halogens is 1. The highest BCUT2D eigenvalue weighted by Gasteiger charge is 2.30. The van der Waals surface area contributed by atoms with Gasteiger partial charge in [0.1, 0.15) is 17.5 Å². The number of sulfonamides is 1. The molecule has 0 spiro atoms. The van der Waals surface area contributed by atoms with Gasteiger partial charge in [-0.05, 0) is 43.2 Å². The predicted octanol–water partition coefficient (Wildman–Crippen LogP) is 1.89. The molecule has 0 aliphatic carbocycles. The van der Waals surface area contributed by atoms with Crippen LogP contribution in [0.5, 0.6) is 0 Å². The van der Waals surface area contributed by atoms with Crippen LogP contribution >= 0.6 is 0 Å². The first kappa shape index (κ1) is 25.0. The molecule has 3 aromatic rings. The summed E-state index contributed by atoms with van der Waals surface area (Å²) in [4.78, 5) is 19.2. The van der Waals surface area contributed by atoms with Crippen LogP contribution in [0.1, 0.15) is 18.7 Å². The Balaban J connectivity index is 1.27. The molecule has 12 heteroatoms. The van der Waals surface area contributed by atoms with Gasteiger partial charge in [0.15, 0.2) is 0 Å². The topological polar surface area (TPSA) is 124 Å². The smallest absolute Gasteiger partial charge is 0.215 e. The van der Waals surface area contributed by atoms with Gasteiger partial charge in [-0.25, -0.2) is 33.2 Å². The van der Waals surface area contributed by atoms with Gasteiger partial charge in [0, 0.05) is 56.6 Å². The maximum Gasteiger partial charge on any atom is 0.215 e. The Hall–Kier alpha value is -3.06. The number of nitrogens with zero attached hydrogens (tertiary/aromatic N) is 6. The molecular weight excluding hydrogens is 473 g/mol. The van der Waals surface area contributed by atoms with Gasteiger partial charge in [-0.3, -0.25) is 4.98 Å². The van der Waals surface area contributed by atoms with Crippen LogP contribution in [0.2, 0.25) is 0 Å². The molecule has 0 bridgehead atoms. The molecule has 0 radical (unpaired) electrons. The molecule has 1 unspecified atom stereocenters. The monoisotopic (exact) mass is 501 g/mol. The Bertz CT molecular complexity index is 1170. The van der Waals surface area contributed by atoms with Crippen LogP contribution in [0.15, 0.2) is 55.1 Å². The van der Waals surface area contributed by atoms with E-state index in [0.717, 1.165) is 5.56 Å². The fourth-order valence-electron chi connectivity index (χ4n) is 3.96. The molecule has 10 nitrogen and oxygen atoms in total. The SMILES string of the molecule is O=S(=O)(CC(CCCc1ncccn1)NO)N1CCN(c2cnc(-c3ccc(F)cc3)cn2)CC1. The van der Waals surface area contributed by atoms with Gasteiger partial charge in [-0.1, -0.05) is 0 Å². The van der Waals surface area contributed by atoms with Crippen LogP contribution in [0, 0.1) is 5.82 Å². The summed E-state index contributed by atoms with van der Waals surface area (Å²) < 4.78 is 40.4. The van der Waals surface area contributed by atoms with Gasteiger partial charge in [0.05, 0.1) is 23.8 Å². The van der Waals surface area contributed by atoms with E-state index >= 15 is 0 Å². The third kappa shape index (κ3) is 6.75. The Morgan fingerprint density at radius 1 is 1.00 bits per heavy atom. The van der Waals surface area contributed by atoms with Gasteiger partial charge >= 0.3 is 0 Å². The van der Waals surface area contributed by atoms with Crippen molar-refractivity contribution < 1.29 is 18.0 Å². The third-order valence-corrected chi connectivity index (χ3v) is 7.88. The lowest BCUT2D eigenvalue weighted by molar-refractivity contribution is 0.128. The summed E-state index contributed by atoms with van der Waals surface area (Å²) in [5.74, 6) is 0.850. The van der Waals surface area contributed by atoms with Crippen molar-refractivity contribution in [3.05, 3.63) is 66.8 Å². The molecule has 1 fully saturated rings. The van der Waals surface area contributed by atoms with Crippen LogP contribution < -0.4 is 10.4 Å². The van der Waals surface area contributed by atoms with E-state index in [1.807, 2.05) is 4.90 Å². The molecule has 186 valence electrons. The molecule has 1 aliphatic rings. The van der Waals surface area contributed by atoms with Crippen molar-refractivity contribution in [1.29, 1.82) is 0 Å². The van der Waals surface area contributed by atoms with Crippen molar-refractivity contribution in [1.82, 2.24) is 29.7 Å². The Kier molecular flexibility index (Phi) is 8.29. The van der Waals surface area contributed by atoms with Gasteiger partial charge in [0.2, 0.25) is 10.0 Å². The number of anilines is 1. The van der Waals surface area contributed by atoms with E-state index in [0.29, 0.717) is 62.8 Å². The molecule has 1 aromatic carbocycles. The number of hydrogen-bond acceptors (Lipinski definition) is 9. The van der Waals surface area contributed by atoms with Crippen LogP contribution in [-0.4, -0.2) is 75.8 Å². The maximum atomic E-state index is 13.1. The third-order valence-electron chi connectivity index (χ3n) is 5.90. The zero-order chi connectivity index (χ0) is 24.7. The first-order valence-electron chi connectivity index (χ1n) is 11.4. The highest BCUT2D eigenvalue weighted by atomic mass is 32.2. The molecule has 2 N–H and O–H groups in total. The lowest BCUT2D eigenvalue weighted by Gasteiger charge is -2.35. The van der Waals surface area contributed by atoms with Crippen molar-refractivity contribution in [3.8, 4) is 11.3 Å². The van der Waals surface area contributed by atoms with Crippen molar-refractivity contribution in [2.24, 2.45) is 0 Å². The maximum absolute atomic E-state index is 13.1. The molecule has 2 aromatic heterocycles.